The van der Waals surface area contributed by atoms with Crippen molar-refractivity contribution in [3.63, 3.8) is 0 Å². The molecular formula is C16H19Cl2NO4. The van der Waals surface area contributed by atoms with Gasteiger partial charge in [0.1, 0.15) is 10.8 Å². The average molecular weight is 360 g/mol. The number of aliphatic carboxylic acids is 1. The molecule has 1 aliphatic rings. The lowest BCUT2D eigenvalue weighted by molar-refractivity contribution is -0.145. The van der Waals surface area contributed by atoms with E-state index in [1.165, 1.54) is 0 Å². The van der Waals surface area contributed by atoms with Gasteiger partial charge < -0.3 is 14.7 Å². The molecule has 23 heavy (non-hydrogen) atoms. The summed E-state index contributed by atoms with van der Waals surface area (Å²) in [5.41, 5.74) is 0. The number of nitrogens with zero attached hydrogens (tertiary/aromatic N) is 1. The van der Waals surface area contributed by atoms with E-state index in [1.54, 1.807) is 23.1 Å². The predicted octanol–water partition coefficient (Wildman–Crippen LogP) is 3.48. The van der Waals surface area contributed by atoms with E-state index in [0.29, 0.717) is 61.2 Å². The van der Waals surface area contributed by atoms with Crippen molar-refractivity contribution in [3.05, 3.63) is 28.2 Å². The first-order valence-electron chi connectivity index (χ1n) is 7.56. The van der Waals surface area contributed by atoms with E-state index in [9.17, 15) is 9.59 Å². The number of hydrogen-bond donors (Lipinski definition) is 1. The molecule has 1 N–H and O–H groups in total. The van der Waals surface area contributed by atoms with Gasteiger partial charge >= 0.3 is 5.97 Å². The molecule has 1 aliphatic heterocycles. The molecule has 126 valence electrons. The van der Waals surface area contributed by atoms with E-state index < -0.39 is 5.97 Å². The summed E-state index contributed by atoms with van der Waals surface area (Å²) in [5.74, 6) is -0.556. The Kier molecular flexibility index (Phi) is 6.54. The molecule has 1 saturated heterocycles. The van der Waals surface area contributed by atoms with Crippen LogP contribution in [0.3, 0.4) is 0 Å². The molecule has 2 rings (SSSR count). The number of carbonyl (C=O) groups excluding carboxylic acids is 1. The minimum atomic E-state index is -0.774. The number of amides is 1. The fraction of sp³-hybridized carbons (Fsp3) is 0.500. The molecule has 0 bridgehead atoms. The Morgan fingerprint density at radius 3 is 2.61 bits per heavy atom. The molecule has 7 heteroatoms. The van der Waals surface area contributed by atoms with Gasteiger partial charge in [-0.15, -0.1) is 0 Å². The first kappa shape index (κ1) is 17.9. The fourth-order valence-corrected chi connectivity index (χ4v) is 2.88. The van der Waals surface area contributed by atoms with Gasteiger partial charge in [-0.1, -0.05) is 29.3 Å². The second-order valence-corrected chi connectivity index (χ2v) is 6.28. The Balaban J connectivity index is 1.69. The monoisotopic (exact) mass is 359 g/mol. The number of hydrogen-bond acceptors (Lipinski definition) is 3. The lowest BCUT2D eigenvalue weighted by Gasteiger charge is -2.30. The molecule has 1 amide bonds. The van der Waals surface area contributed by atoms with Gasteiger partial charge in [-0.05, 0) is 31.4 Å². The standard InChI is InChI=1S/C16H19Cl2NO4/c17-12-3-1-4-13(15(12)18)23-10-2-5-14(20)19-8-6-11(7-9-19)16(21)22/h1,3-4,11H,2,5-10H2,(H,21,22). The third kappa shape index (κ3) is 5.01. The van der Waals surface area contributed by atoms with E-state index in [-0.39, 0.29) is 11.8 Å². The van der Waals surface area contributed by atoms with Crippen LogP contribution in [0, 0.1) is 5.92 Å². The Morgan fingerprint density at radius 1 is 1.26 bits per heavy atom. The summed E-state index contributed by atoms with van der Waals surface area (Å²) >= 11 is 11.9. The first-order valence-corrected chi connectivity index (χ1v) is 8.32. The van der Waals surface area contributed by atoms with Crippen LogP contribution >= 0.6 is 23.2 Å². The maximum absolute atomic E-state index is 12.1. The van der Waals surface area contributed by atoms with Crippen LogP contribution in [-0.2, 0) is 9.59 Å². The minimum absolute atomic E-state index is 0.0367. The van der Waals surface area contributed by atoms with Crippen LogP contribution in [0.4, 0.5) is 0 Å². The molecular weight excluding hydrogens is 341 g/mol. The Hall–Kier alpha value is -1.46. The van der Waals surface area contributed by atoms with E-state index in [0.717, 1.165) is 0 Å². The number of benzene rings is 1. The highest BCUT2D eigenvalue weighted by Gasteiger charge is 2.26. The molecule has 0 saturated carbocycles. The highest BCUT2D eigenvalue weighted by molar-refractivity contribution is 6.42. The average Bonchev–Trinajstić information content (AvgIpc) is 2.55. The van der Waals surface area contributed by atoms with Gasteiger partial charge in [0, 0.05) is 19.5 Å². The second kappa shape index (κ2) is 8.41. The third-order valence-electron chi connectivity index (χ3n) is 3.91. The smallest absolute Gasteiger partial charge is 0.306 e. The lowest BCUT2D eigenvalue weighted by Crippen LogP contribution is -2.40. The van der Waals surface area contributed by atoms with Crippen LogP contribution in [-0.4, -0.2) is 41.6 Å². The molecule has 0 spiro atoms. The van der Waals surface area contributed by atoms with Gasteiger partial charge in [-0.25, -0.2) is 0 Å². The second-order valence-electron chi connectivity index (χ2n) is 5.50. The van der Waals surface area contributed by atoms with Crippen LogP contribution in [0.15, 0.2) is 18.2 Å². The van der Waals surface area contributed by atoms with Crippen molar-refractivity contribution in [2.45, 2.75) is 25.7 Å². The first-order chi connectivity index (χ1) is 11.0. The van der Waals surface area contributed by atoms with Crippen molar-refractivity contribution in [3.8, 4) is 5.75 Å². The molecule has 1 heterocycles. The molecule has 0 aliphatic carbocycles. The van der Waals surface area contributed by atoms with E-state index >= 15 is 0 Å². The zero-order chi connectivity index (χ0) is 16.8. The van der Waals surface area contributed by atoms with Crippen LogP contribution in [0.2, 0.25) is 10.0 Å². The molecule has 0 unspecified atom stereocenters. The Morgan fingerprint density at radius 2 is 1.96 bits per heavy atom. The number of piperidine rings is 1. The van der Waals surface area contributed by atoms with Crippen molar-refractivity contribution >= 4 is 35.1 Å². The van der Waals surface area contributed by atoms with Gasteiger partial charge in [0.05, 0.1) is 17.5 Å². The number of rotatable bonds is 6. The van der Waals surface area contributed by atoms with Crippen molar-refractivity contribution in [1.82, 2.24) is 4.90 Å². The summed E-state index contributed by atoms with van der Waals surface area (Å²) < 4.78 is 5.54. The lowest BCUT2D eigenvalue weighted by atomic mass is 9.97. The number of halogens is 2. The Labute approximate surface area is 145 Å². The maximum atomic E-state index is 12.1. The zero-order valence-corrected chi connectivity index (χ0v) is 14.1. The highest BCUT2D eigenvalue weighted by atomic mass is 35.5. The van der Waals surface area contributed by atoms with E-state index in [4.69, 9.17) is 33.0 Å². The van der Waals surface area contributed by atoms with Gasteiger partial charge in [-0.2, -0.15) is 0 Å². The van der Waals surface area contributed by atoms with Crippen LogP contribution in [0.5, 0.6) is 5.75 Å². The number of carboxylic acids is 1. The summed E-state index contributed by atoms with van der Waals surface area (Å²) in [4.78, 5) is 24.7. The molecule has 0 radical (unpaired) electrons. The van der Waals surface area contributed by atoms with E-state index in [2.05, 4.69) is 0 Å². The highest BCUT2D eigenvalue weighted by Crippen LogP contribution is 2.31. The van der Waals surface area contributed by atoms with Crippen molar-refractivity contribution in [2.75, 3.05) is 19.7 Å². The van der Waals surface area contributed by atoms with Crippen molar-refractivity contribution < 1.29 is 19.4 Å². The summed E-state index contributed by atoms with van der Waals surface area (Å²) in [5, 5.41) is 9.75. The predicted molar refractivity (Wildman–Crippen MR) is 88.1 cm³/mol. The van der Waals surface area contributed by atoms with Gasteiger partial charge in [0.25, 0.3) is 0 Å². The minimum Gasteiger partial charge on any atom is -0.492 e. The summed E-state index contributed by atoms with van der Waals surface area (Å²) in [6, 6.07) is 5.16. The normalized spacial score (nSPS) is 15.5. The van der Waals surface area contributed by atoms with Gasteiger partial charge in [0.15, 0.2) is 0 Å². The SMILES string of the molecule is O=C(O)C1CCN(C(=O)CCCOc2cccc(Cl)c2Cl)CC1. The number of ether oxygens (including phenoxy) is 1. The quantitative estimate of drug-likeness (QED) is 0.789. The molecule has 1 aromatic carbocycles. The van der Waals surface area contributed by atoms with Crippen LogP contribution in [0.25, 0.3) is 0 Å². The summed E-state index contributed by atoms with van der Waals surface area (Å²) in [7, 11) is 0. The molecule has 5 nitrogen and oxygen atoms in total. The fourth-order valence-electron chi connectivity index (χ4n) is 2.53. The number of likely N-dealkylation sites (tertiary alicyclic amines) is 1. The van der Waals surface area contributed by atoms with Crippen molar-refractivity contribution in [2.24, 2.45) is 5.92 Å². The summed E-state index contributed by atoms with van der Waals surface area (Å²) in [6.45, 7) is 1.39. The molecule has 0 atom stereocenters. The molecule has 1 aromatic rings. The zero-order valence-electron chi connectivity index (χ0n) is 12.6. The topological polar surface area (TPSA) is 66.8 Å². The van der Waals surface area contributed by atoms with Gasteiger partial charge in [-0.3, -0.25) is 9.59 Å². The summed E-state index contributed by atoms with van der Waals surface area (Å²) in [6.07, 6.45) is 1.99. The van der Waals surface area contributed by atoms with Crippen LogP contribution in [0.1, 0.15) is 25.7 Å². The van der Waals surface area contributed by atoms with Crippen LogP contribution < -0.4 is 4.74 Å². The largest absolute Gasteiger partial charge is 0.492 e. The van der Waals surface area contributed by atoms with E-state index in [1.807, 2.05) is 0 Å². The molecule has 1 fully saturated rings. The maximum Gasteiger partial charge on any atom is 0.306 e. The molecule has 0 aromatic heterocycles. The van der Waals surface area contributed by atoms with Crippen molar-refractivity contribution in [1.29, 1.82) is 0 Å². The Bertz CT molecular complexity index is 571. The third-order valence-corrected chi connectivity index (χ3v) is 4.71. The number of carboxylic acid groups (broad SMARTS) is 1. The number of carbonyl (C=O) groups is 2. The van der Waals surface area contributed by atoms with Gasteiger partial charge in [0.2, 0.25) is 5.91 Å².